The highest BCUT2D eigenvalue weighted by atomic mass is 16.5. The van der Waals surface area contributed by atoms with Crippen LogP contribution in [0, 0.1) is 6.92 Å². The van der Waals surface area contributed by atoms with E-state index in [1.807, 2.05) is 25.1 Å². The van der Waals surface area contributed by atoms with Gasteiger partial charge in [-0.1, -0.05) is 11.6 Å². The van der Waals surface area contributed by atoms with E-state index in [1.54, 1.807) is 4.68 Å². The summed E-state index contributed by atoms with van der Waals surface area (Å²) in [6.07, 6.45) is 3.12. The predicted molar refractivity (Wildman–Crippen MR) is 115 cm³/mol. The van der Waals surface area contributed by atoms with Crippen molar-refractivity contribution >= 4 is 10.9 Å². The smallest absolute Gasteiger partial charge is 0.253 e. The normalized spacial score (nSPS) is 21.7. The number of ether oxygens (including phenoxy) is 1. The van der Waals surface area contributed by atoms with Crippen LogP contribution in [0.1, 0.15) is 48.7 Å². The summed E-state index contributed by atoms with van der Waals surface area (Å²) >= 11 is 0. The maximum atomic E-state index is 13.2. The number of nitrogens with one attached hydrogen (secondary N) is 1. The van der Waals surface area contributed by atoms with Crippen LogP contribution in [0.2, 0.25) is 0 Å². The van der Waals surface area contributed by atoms with Crippen LogP contribution in [0.3, 0.4) is 0 Å². The lowest BCUT2D eigenvalue weighted by atomic mass is 9.99. The van der Waals surface area contributed by atoms with Crippen molar-refractivity contribution < 1.29 is 9.84 Å². The van der Waals surface area contributed by atoms with Gasteiger partial charge in [0.2, 0.25) is 0 Å². The average Bonchev–Trinajstić information content (AvgIpc) is 3.43. The van der Waals surface area contributed by atoms with Gasteiger partial charge in [-0.15, -0.1) is 5.10 Å². The molecule has 2 aliphatic heterocycles. The molecule has 0 amide bonds. The molecule has 3 aromatic rings. The third-order valence-corrected chi connectivity index (χ3v) is 6.39. The molecule has 31 heavy (non-hydrogen) atoms. The number of fused-ring (bicyclic) bond motifs is 1. The number of H-pyrrole nitrogens is 1. The number of piperidine rings is 1. The van der Waals surface area contributed by atoms with Crippen molar-refractivity contribution in [2.45, 2.75) is 57.4 Å². The molecule has 0 unspecified atom stereocenters. The van der Waals surface area contributed by atoms with Crippen LogP contribution < -0.4 is 5.56 Å². The Hall–Kier alpha value is -2.62. The number of aryl methyl sites for hydroxylation is 1. The summed E-state index contributed by atoms with van der Waals surface area (Å²) in [6.45, 7) is 4.71. The van der Waals surface area contributed by atoms with Gasteiger partial charge in [0.1, 0.15) is 6.04 Å². The fourth-order valence-electron chi connectivity index (χ4n) is 4.71. The number of tetrazole rings is 1. The van der Waals surface area contributed by atoms with Crippen LogP contribution in [0.5, 0.6) is 0 Å². The summed E-state index contributed by atoms with van der Waals surface area (Å²) in [5, 5.41) is 23.5. The highest BCUT2D eigenvalue weighted by Gasteiger charge is 2.33. The Kier molecular flexibility index (Phi) is 5.56. The third-order valence-electron chi connectivity index (χ3n) is 6.39. The van der Waals surface area contributed by atoms with Crippen LogP contribution in [0.25, 0.3) is 10.9 Å². The number of likely N-dealkylation sites (tertiary alicyclic amines) is 1. The van der Waals surface area contributed by atoms with Crippen molar-refractivity contribution in [2.24, 2.45) is 0 Å². The Balaban J connectivity index is 1.59. The number of hydrogen-bond acceptors (Lipinski definition) is 7. The Morgan fingerprint density at radius 3 is 2.87 bits per heavy atom. The molecule has 2 N–H and O–H groups in total. The SMILES string of the molecule is Cc1ccc2[nH]c(=O)c([C@@H](c3nnnn3C[C@H]3CCCO3)N3CCC(O)CC3)cc2c1. The number of benzene rings is 1. The molecular weight excluding hydrogens is 396 g/mol. The van der Waals surface area contributed by atoms with Crippen molar-refractivity contribution in [1.29, 1.82) is 0 Å². The first kappa shape index (κ1) is 20.3. The minimum absolute atomic E-state index is 0.0867. The predicted octanol–water partition coefficient (Wildman–Crippen LogP) is 1.55. The Labute approximate surface area is 180 Å². The van der Waals surface area contributed by atoms with Crippen molar-refractivity contribution in [1.82, 2.24) is 30.1 Å². The molecule has 2 saturated heterocycles. The molecule has 9 heteroatoms. The summed E-state index contributed by atoms with van der Waals surface area (Å²) in [5.74, 6) is 0.643. The molecular formula is C22H28N6O3. The summed E-state index contributed by atoms with van der Waals surface area (Å²) in [4.78, 5) is 18.4. The Morgan fingerprint density at radius 2 is 2.10 bits per heavy atom. The van der Waals surface area contributed by atoms with Crippen molar-refractivity contribution in [3.05, 3.63) is 51.6 Å². The van der Waals surface area contributed by atoms with Gasteiger partial charge >= 0.3 is 0 Å². The number of aliphatic hydroxyl groups excluding tert-OH is 1. The van der Waals surface area contributed by atoms with E-state index >= 15 is 0 Å². The first-order valence-electron chi connectivity index (χ1n) is 11.0. The number of aliphatic hydroxyl groups is 1. The topological polar surface area (TPSA) is 109 Å². The Bertz CT molecular complexity index is 1110. The maximum Gasteiger partial charge on any atom is 0.253 e. The van der Waals surface area contributed by atoms with Gasteiger partial charge in [-0.2, -0.15) is 0 Å². The Morgan fingerprint density at radius 1 is 1.26 bits per heavy atom. The molecule has 164 valence electrons. The standard InChI is InChI=1S/C22H28N6O3/c1-14-4-5-19-15(11-14)12-18(22(30)23-19)20(27-8-6-16(29)7-9-27)21-24-25-26-28(21)13-17-3-2-10-31-17/h4-5,11-12,16-17,20,29H,2-3,6-10,13H2,1H3,(H,23,30)/t17-,20+/m1/s1. The van der Waals surface area contributed by atoms with E-state index in [4.69, 9.17) is 4.74 Å². The van der Waals surface area contributed by atoms with E-state index in [9.17, 15) is 9.90 Å². The average molecular weight is 425 g/mol. The van der Waals surface area contributed by atoms with Crippen LogP contribution in [0.15, 0.2) is 29.1 Å². The molecule has 2 fully saturated rings. The number of rotatable bonds is 5. The molecule has 0 saturated carbocycles. The molecule has 0 spiro atoms. The zero-order valence-corrected chi connectivity index (χ0v) is 17.7. The second-order valence-electron chi connectivity index (χ2n) is 8.67. The minimum atomic E-state index is -0.391. The highest BCUT2D eigenvalue weighted by molar-refractivity contribution is 5.79. The molecule has 0 bridgehead atoms. The molecule has 5 rings (SSSR count). The number of nitrogens with zero attached hydrogens (tertiary/aromatic N) is 5. The lowest BCUT2D eigenvalue weighted by Gasteiger charge is -2.35. The molecule has 2 aromatic heterocycles. The highest BCUT2D eigenvalue weighted by Crippen LogP contribution is 2.30. The van der Waals surface area contributed by atoms with E-state index in [0.717, 1.165) is 35.9 Å². The van der Waals surface area contributed by atoms with Gasteiger partial charge in [0, 0.05) is 30.8 Å². The summed E-state index contributed by atoms with van der Waals surface area (Å²) in [5.41, 5.74) is 2.43. The van der Waals surface area contributed by atoms with E-state index in [-0.39, 0.29) is 17.8 Å². The van der Waals surface area contributed by atoms with Gasteiger partial charge in [0.15, 0.2) is 5.82 Å². The lowest BCUT2D eigenvalue weighted by Crippen LogP contribution is -2.42. The first-order chi connectivity index (χ1) is 15.1. The number of hydrogen-bond donors (Lipinski definition) is 2. The van der Waals surface area contributed by atoms with Gasteiger partial charge in [-0.05, 0) is 66.6 Å². The van der Waals surface area contributed by atoms with Gasteiger partial charge < -0.3 is 14.8 Å². The van der Waals surface area contributed by atoms with Gasteiger partial charge in [-0.25, -0.2) is 4.68 Å². The fraction of sp³-hybridized carbons (Fsp3) is 0.545. The van der Waals surface area contributed by atoms with E-state index in [2.05, 4.69) is 31.5 Å². The van der Waals surface area contributed by atoms with E-state index < -0.39 is 6.04 Å². The van der Waals surface area contributed by atoms with Crippen molar-refractivity contribution in [3.8, 4) is 0 Å². The summed E-state index contributed by atoms with van der Waals surface area (Å²) in [7, 11) is 0. The lowest BCUT2D eigenvalue weighted by molar-refractivity contribution is 0.0632. The number of aromatic nitrogens is 5. The van der Waals surface area contributed by atoms with Gasteiger partial charge in [0.25, 0.3) is 5.56 Å². The fourth-order valence-corrected chi connectivity index (χ4v) is 4.71. The second kappa shape index (κ2) is 8.49. The van der Waals surface area contributed by atoms with Crippen molar-refractivity contribution in [3.63, 3.8) is 0 Å². The summed E-state index contributed by atoms with van der Waals surface area (Å²) in [6, 6.07) is 7.56. The molecule has 2 aliphatic rings. The zero-order valence-electron chi connectivity index (χ0n) is 17.7. The number of aromatic amines is 1. The molecule has 9 nitrogen and oxygen atoms in total. The third kappa shape index (κ3) is 4.13. The van der Waals surface area contributed by atoms with Crippen LogP contribution in [0.4, 0.5) is 0 Å². The molecule has 4 heterocycles. The van der Waals surface area contributed by atoms with E-state index in [1.165, 1.54) is 0 Å². The first-order valence-corrected chi connectivity index (χ1v) is 11.0. The number of pyridine rings is 1. The molecule has 0 radical (unpaired) electrons. The monoisotopic (exact) mass is 424 g/mol. The largest absolute Gasteiger partial charge is 0.393 e. The molecule has 0 aliphatic carbocycles. The van der Waals surface area contributed by atoms with Gasteiger partial charge in [0.05, 0.1) is 18.8 Å². The summed E-state index contributed by atoms with van der Waals surface area (Å²) < 4.78 is 7.57. The van der Waals surface area contributed by atoms with Crippen molar-refractivity contribution in [2.75, 3.05) is 19.7 Å². The van der Waals surface area contributed by atoms with Crippen LogP contribution in [-0.4, -0.2) is 67.1 Å². The maximum absolute atomic E-state index is 13.2. The zero-order chi connectivity index (χ0) is 21.4. The van der Waals surface area contributed by atoms with E-state index in [0.29, 0.717) is 43.9 Å². The minimum Gasteiger partial charge on any atom is -0.393 e. The van der Waals surface area contributed by atoms with Crippen LogP contribution >= 0.6 is 0 Å². The van der Waals surface area contributed by atoms with Gasteiger partial charge in [-0.3, -0.25) is 9.69 Å². The van der Waals surface area contributed by atoms with Crippen LogP contribution in [-0.2, 0) is 11.3 Å². The second-order valence-corrected chi connectivity index (χ2v) is 8.67. The molecule has 2 atom stereocenters. The molecule has 1 aromatic carbocycles. The quantitative estimate of drug-likeness (QED) is 0.639.